The van der Waals surface area contributed by atoms with E-state index in [0.717, 1.165) is 12.8 Å². The van der Waals surface area contributed by atoms with Gasteiger partial charge in [-0.3, -0.25) is 4.79 Å². The molecule has 0 saturated carbocycles. The van der Waals surface area contributed by atoms with E-state index in [1.54, 1.807) is 38.1 Å². The number of carbonyl (C=O) groups is 2. The van der Waals surface area contributed by atoms with Crippen LogP contribution < -0.4 is 16.0 Å². The van der Waals surface area contributed by atoms with Gasteiger partial charge in [0, 0.05) is 24.5 Å². The van der Waals surface area contributed by atoms with Crippen molar-refractivity contribution in [1.82, 2.24) is 9.62 Å². The zero-order valence-corrected chi connectivity index (χ0v) is 19.5. The number of hydrogen-bond acceptors (Lipinski definition) is 4. The van der Waals surface area contributed by atoms with Crippen molar-refractivity contribution in [1.29, 1.82) is 0 Å². The maximum absolute atomic E-state index is 12.9. The molecule has 1 aliphatic rings. The Morgan fingerprint density at radius 1 is 0.969 bits per heavy atom. The van der Waals surface area contributed by atoms with Gasteiger partial charge in [0.15, 0.2) is 0 Å². The van der Waals surface area contributed by atoms with E-state index in [1.165, 1.54) is 22.5 Å². The molecule has 0 radical (unpaired) electrons. The molecule has 1 atom stereocenters. The highest BCUT2D eigenvalue weighted by Crippen LogP contribution is 2.29. The van der Waals surface area contributed by atoms with Gasteiger partial charge in [0.05, 0.1) is 5.02 Å². The Morgan fingerprint density at radius 2 is 1.62 bits per heavy atom. The third-order valence-corrected chi connectivity index (χ3v) is 7.53. The van der Waals surface area contributed by atoms with Gasteiger partial charge in [-0.25, -0.2) is 13.2 Å². The summed E-state index contributed by atoms with van der Waals surface area (Å²) in [5.74, 6) is -0.674. The summed E-state index contributed by atoms with van der Waals surface area (Å²) in [4.78, 5) is 25.2. The second-order valence-electron chi connectivity index (χ2n) is 7.93. The second kappa shape index (κ2) is 10.3. The number of carbonyl (C=O) groups excluding carboxylic acids is 2. The summed E-state index contributed by atoms with van der Waals surface area (Å²) in [6, 6.07) is 11.9. The third-order valence-electron chi connectivity index (χ3n) is 5.15. The summed E-state index contributed by atoms with van der Waals surface area (Å²) < 4.78 is 27.2. The minimum Gasteiger partial charge on any atom is -0.326 e. The molecule has 0 aliphatic carbocycles. The fraction of sp³-hybridized carbons (Fsp3) is 0.364. The molecule has 0 unspecified atom stereocenters. The summed E-state index contributed by atoms with van der Waals surface area (Å²) >= 11 is 6.17. The van der Waals surface area contributed by atoms with Gasteiger partial charge >= 0.3 is 6.03 Å². The van der Waals surface area contributed by atoms with Crippen LogP contribution in [-0.2, 0) is 14.8 Å². The second-order valence-corrected chi connectivity index (χ2v) is 10.2. The predicted molar refractivity (Wildman–Crippen MR) is 125 cm³/mol. The molecule has 3 N–H and O–H groups in total. The van der Waals surface area contributed by atoms with E-state index in [9.17, 15) is 18.0 Å². The minimum atomic E-state index is -3.75. The van der Waals surface area contributed by atoms with E-state index in [0.29, 0.717) is 18.8 Å². The number of nitrogens with zero attached hydrogens (tertiary/aromatic N) is 1. The highest BCUT2D eigenvalue weighted by atomic mass is 35.5. The van der Waals surface area contributed by atoms with E-state index in [2.05, 4.69) is 16.0 Å². The first-order valence-corrected chi connectivity index (χ1v) is 12.2. The maximum Gasteiger partial charge on any atom is 0.319 e. The molecule has 0 spiro atoms. The van der Waals surface area contributed by atoms with Gasteiger partial charge in [-0.05, 0) is 49.1 Å². The minimum absolute atomic E-state index is 0.0465. The number of sulfonamides is 1. The third kappa shape index (κ3) is 5.79. The summed E-state index contributed by atoms with van der Waals surface area (Å²) in [6.45, 7) is 4.51. The molecule has 32 heavy (non-hydrogen) atoms. The topological polar surface area (TPSA) is 108 Å². The first-order chi connectivity index (χ1) is 15.2. The van der Waals surface area contributed by atoms with Gasteiger partial charge in [0.1, 0.15) is 10.9 Å². The lowest BCUT2D eigenvalue weighted by atomic mass is 10.0. The molecule has 0 aromatic heterocycles. The number of nitrogens with one attached hydrogen (secondary N) is 3. The molecule has 1 heterocycles. The number of hydrogen-bond donors (Lipinski definition) is 3. The molecule has 2 aromatic carbocycles. The number of rotatable bonds is 7. The van der Waals surface area contributed by atoms with Crippen molar-refractivity contribution in [3.63, 3.8) is 0 Å². The van der Waals surface area contributed by atoms with Crippen LogP contribution in [0.3, 0.4) is 0 Å². The van der Waals surface area contributed by atoms with Crippen molar-refractivity contribution in [2.75, 3.05) is 23.7 Å². The first kappa shape index (κ1) is 24.0. The van der Waals surface area contributed by atoms with E-state index in [-0.39, 0.29) is 21.5 Å². The lowest BCUT2D eigenvalue weighted by Gasteiger charge is -2.22. The van der Waals surface area contributed by atoms with Gasteiger partial charge in [-0.15, -0.1) is 0 Å². The van der Waals surface area contributed by atoms with Crippen molar-refractivity contribution in [3.05, 3.63) is 53.6 Å². The Balaban J connectivity index is 1.73. The van der Waals surface area contributed by atoms with Crippen LogP contribution in [0.25, 0.3) is 0 Å². The lowest BCUT2D eigenvalue weighted by Crippen LogP contribution is -2.48. The molecular weight excluding hydrogens is 452 g/mol. The number of anilines is 2. The predicted octanol–water partition coefficient (Wildman–Crippen LogP) is 3.91. The van der Waals surface area contributed by atoms with E-state index < -0.39 is 28.0 Å². The average Bonchev–Trinajstić information content (AvgIpc) is 3.29. The highest BCUT2D eigenvalue weighted by Gasteiger charge is 2.30. The molecule has 1 fully saturated rings. The van der Waals surface area contributed by atoms with Crippen LogP contribution in [0.2, 0.25) is 5.02 Å². The maximum atomic E-state index is 12.9. The van der Waals surface area contributed by atoms with Gasteiger partial charge in [0.2, 0.25) is 15.9 Å². The van der Waals surface area contributed by atoms with Crippen LogP contribution >= 0.6 is 11.6 Å². The van der Waals surface area contributed by atoms with Crippen molar-refractivity contribution >= 4 is 44.9 Å². The molecule has 3 amide bonds. The Morgan fingerprint density at radius 3 is 2.25 bits per heavy atom. The fourth-order valence-corrected chi connectivity index (χ4v) is 5.45. The molecule has 2 aromatic rings. The zero-order valence-electron chi connectivity index (χ0n) is 18.0. The average molecular weight is 479 g/mol. The quantitative estimate of drug-likeness (QED) is 0.560. The van der Waals surface area contributed by atoms with Crippen LogP contribution in [-0.4, -0.2) is 43.8 Å². The summed E-state index contributed by atoms with van der Waals surface area (Å²) in [5.41, 5.74) is 0.885. The van der Waals surface area contributed by atoms with Gasteiger partial charge < -0.3 is 16.0 Å². The Hall–Kier alpha value is -2.62. The van der Waals surface area contributed by atoms with Gasteiger partial charge in [-0.2, -0.15) is 4.31 Å². The van der Waals surface area contributed by atoms with E-state index in [4.69, 9.17) is 11.6 Å². The smallest absolute Gasteiger partial charge is 0.319 e. The largest absolute Gasteiger partial charge is 0.326 e. The molecule has 1 aliphatic heterocycles. The molecular formula is C22H27ClN4O4S. The van der Waals surface area contributed by atoms with Crippen LogP contribution in [0.5, 0.6) is 0 Å². The number of benzene rings is 2. The van der Waals surface area contributed by atoms with Crippen molar-refractivity contribution in [3.8, 4) is 0 Å². The fourth-order valence-electron chi connectivity index (χ4n) is 3.43. The number of para-hydroxylation sites is 1. The Bertz CT molecular complexity index is 1070. The van der Waals surface area contributed by atoms with Crippen molar-refractivity contribution in [2.24, 2.45) is 5.92 Å². The number of urea groups is 1. The van der Waals surface area contributed by atoms with Gasteiger partial charge in [-0.1, -0.05) is 43.6 Å². The molecule has 172 valence electrons. The highest BCUT2D eigenvalue weighted by molar-refractivity contribution is 7.89. The van der Waals surface area contributed by atoms with Gasteiger partial charge in [0.25, 0.3) is 0 Å². The molecule has 10 heteroatoms. The zero-order chi connectivity index (χ0) is 23.3. The van der Waals surface area contributed by atoms with E-state index in [1.807, 2.05) is 6.07 Å². The standard InChI is InChI=1S/C22H27ClN4O4S/c1-15(2)20(26-22(29)25-16-8-4-3-5-9-16)21(28)24-17-10-11-18(23)19(14-17)32(30,31)27-12-6-7-13-27/h3-5,8-11,14-15,20H,6-7,12-13H2,1-2H3,(H,24,28)(H2,25,26,29)/t20-/m1/s1. The molecule has 0 bridgehead atoms. The molecule has 8 nitrogen and oxygen atoms in total. The normalized spacial score (nSPS) is 15.4. The monoisotopic (exact) mass is 478 g/mol. The van der Waals surface area contributed by atoms with Crippen molar-refractivity contribution in [2.45, 2.75) is 37.6 Å². The summed E-state index contributed by atoms with van der Waals surface area (Å²) in [6.07, 6.45) is 1.61. The first-order valence-electron chi connectivity index (χ1n) is 10.4. The van der Waals surface area contributed by atoms with Crippen LogP contribution in [0.1, 0.15) is 26.7 Å². The van der Waals surface area contributed by atoms with Crippen LogP contribution in [0, 0.1) is 5.92 Å². The number of amides is 3. The molecule has 1 saturated heterocycles. The van der Waals surface area contributed by atoms with Crippen LogP contribution in [0.4, 0.5) is 16.2 Å². The summed E-state index contributed by atoms with van der Waals surface area (Å²) in [7, 11) is -3.75. The van der Waals surface area contributed by atoms with Crippen LogP contribution in [0.15, 0.2) is 53.4 Å². The van der Waals surface area contributed by atoms with E-state index >= 15 is 0 Å². The molecule has 3 rings (SSSR count). The summed E-state index contributed by atoms with van der Waals surface area (Å²) in [5, 5.41) is 8.15. The SMILES string of the molecule is CC(C)[C@@H](NC(=O)Nc1ccccc1)C(=O)Nc1ccc(Cl)c(S(=O)(=O)N2CCCC2)c1. The Labute approximate surface area is 193 Å². The number of halogens is 1. The lowest BCUT2D eigenvalue weighted by molar-refractivity contribution is -0.118. The van der Waals surface area contributed by atoms with Crippen molar-refractivity contribution < 1.29 is 18.0 Å². The Kier molecular flexibility index (Phi) is 7.76.